The lowest BCUT2D eigenvalue weighted by atomic mass is 10.0. The molecule has 1 amide bonds. The molecule has 3 rings (SSSR count). The van der Waals surface area contributed by atoms with Crippen LogP contribution in [0.2, 0.25) is 5.15 Å². The molecule has 1 aliphatic heterocycles. The summed E-state index contributed by atoms with van der Waals surface area (Å²) in [5.74, 6) is -1.04. The molecule has 0 saturated carbocycles. The largest absolute Gasteiger partial charge is 0.477 e. The number of aromatic amines is 1. The second-order valence-electron chi connectivity index (χ2n) is 6.70. The van der Waals surface area contributed by atoms with Crippen molar-refractivity contribution in [2.24, 2.45) is 0 Å². The Kier molecular flexibility index (Phi) is 6.26. The van der Waals surface area contributed by atoms with Gasteiger partial charge in [-0.1, -0.05) is 18.5 Å². The molecule has 0 bridgehead atoms. The van der Waals surface area contributed by atoms with E-state index < -0.39 is 5.97 Å². The normalized spacial score (nSPS) is 19.6. The molecule has 10 heteroatoms. The first kappa shape index (κ1) is 20.6. The molecule has 2 atom stereocenters. The van der Waals surface area contributed by atoms with Gasteiger partial charge in [0.15, 0.2) is 11.0 Å². The number of anilines is 1. The van der Waals surface area contributed by atoms with Gasteiger partial charge in [0.2, 0.25) is 0 Å². The van der Waals surface area contributed by atoms with Gasteiger partial charge < -0.3 is 25.0 Å². The number of nitrogens with zero attached hydrogens (tertiary/aromatic N) is 2. The molecule has 0 radical (unpaired) electrons. The number of ether oxygens (including phenoxy) is 1. The van der Waals surface area contributed by atoms with Crippen molar-refractivity contribution in [3.05, 3.63) is 33.2 Å². The number of rotatable bonds is 6. The average molecular weight is 427 g/mol. The maximum atomic E-state index is 12.5. The van der Waals surface area contributed by atoms with Crippen LogP contribution < -0.4 is 10.2 Å². The maximum absolute atomic E-state index is 12.5. The molecule has 28 heavy (non-hydrogen) atoms. The van der Waals surface area contributed by atoms with E-state index in [1.807, 2.05) is 13.0 Å². The number of piperidine rings is 1. The molecule has 2 aromatic heterocycles. The van der Waals surface area contributed by atoms with Crippen molar-refractivity contribution >= 4 is 39.8 Å². The number of carboxylic acid groups (broad SMARTS) is 1. The van der Waals surface area contributed by atoms with E-state index >= 15 is 0 Å². The van der Waals surface area contributed by atoms with Crippen LogP contribution in [-0.2, 0) is 11.2 Å². The van der Waals surface area contributed by atoms with Gasteiger partial charge in [0, 0.05) is 20.2 Å². The number of amides is 1. The van der Waals surface area contributed by atoms with Gasteiger partial charge in [0.1, 0.15) is 4.88 Å². The summed E-state index contributed by atoms with van der Waals surface area (Å²) in [4.78, 5) is 33.3. The number of halogens is 1. The maximum Gasteiger partial charge on any atom is 0.346 e. The number of hydrogen-bond donors (Lipinski definition) is 3. The number of thiophene rings is 1. The molecule has 0 spiro atoms. The van der Waals surface area contributed by atoms with Crippen molar-refractivity contribution in [2.75, 3.05) is 25.1 Å². The van der Waals surface area contributed by atoms with E-state index in [4.69, 9.17) is 16.3 Å². The summed E-state index contributed by atoms with van der Waals surface area (Å²) in [7, 11) is 1.61. The van der Waals surface area contributed by atoms with E-state index in [-0.39, 0.29) is 23.9 Å². The van der Waals surface area contributed by atoms with Gasteiger partial charge in [-0.05, 0) is 31.4 Å². The van der Waals surface area contributed by atoms with Gasteiger partial charge in [-0.2, -0.15) is 0 Å². The van der Waals surface area contributed by atoms with E-state index in [1.165, 1.54) is 11.3 Å². The third-order valence-corrected chi connectivity index (χ3v) is 6.48. The Balaban J connectivity index is 1.68. The number of aromatic nitrogens is 2. The summed E-state index contributed by atoms with van der Waals surface area (Å²) >= 11 is 7.28. The first-order valence-electron chi connectivity index (χ1n) is 9.00. The Morgan fingerprint density at radius 2 is 2.29 bits per heavy atom. The van der Waals surface area contributed by atoms with Crippen LogP contribution in [0.4, 0.5) is 5.00 Å². The minimum absolute atomic E-state index is 0.178. The fraction of sp³-hybridized carbons (Fsp3) is 0.500. The molecule has 3 N–H and O–H groups in total. The van der Waals surface area contributed by atoms with Crippen molar-refractivity contribution in [3.8, 4) is 0 Å². The first-order chi connectivity index (χ1) is 13.3. The lowest BCUT2D eigenvalue weighted by Crippen LogP contribution is -2.55. The Labute approximate surface area is 171 Å². The molecule has 152 valence electrons. The second-order valence-corrected chi connectivity index (χ2v) is 8.09. The van der Waals surface area contributed by atoms with Crippen molar-refractivity contribution in [3.63, 3.8) is 0 Å². The summed E-state index contributed by atoms with van der Waals surface area (Å²) in [6.07, 6.45) is 1.10. The van der Waals surface area contributed by atoms with Crippen molar-refractivity contribution in [2.45, 2.75) is 38.8 Å². The Hall–Kier alpha value is -2.10. The highest BCUT2D eigenvalue weighted by molar-refractivity contribution is 7.18. The number of hydrogen-bond acceptors (Lipinski definition) is 6. The highest BCUT2D eigenvalue weighted by Crippen LogP contribution is 2.32. The summed E-state index contributed by atoms with van der Waals surface area (Å²) in [6, 6.07) is 1.71. The second kappa shape index (κ2) is 8.50. The van der Waals surface area contributed by atoms with Crippen LogP contribution in [0.5, 0.6) is 0 Å². The third-order valence-electron chi connectivity index (χ3n) is 4.89. The molecular weight excluding hydrogens is 404 g/mol. The molecule has 2 aromatic rings. The summed E-state index contributed by atoms with van der Waals surface area (Å²) in [5, 5.41) is 13.4. The van der Waals surface area contributed by atoms with Crippen LogP contribution in [-0.4, -0.2) is 59.3 Å². The number of methoxy groups -OCH3 is 1. The zero-order valence-corrected chi connectivity index (χ0v) is 17.5. The summed E-state index contributed by atoms with van der Waals surface area (Å²) in [5.41, 5.74) is 1.48. The Bertz CT molecular complexity index is 881. The van der Waals surface area contributed by atoms with Gasteiger partial charge in [-0.3, -0.25) is 4.79 Å². The smallest absolute Gasteiger partial charge is 0.346 e. The molecular formula is C18H23ClN4O4S. The highest BCUT2D eigenvalue weighted by atomic mass is 35.5. The van der Waals surface area contributed by atoms with Gasteiger partial charge in [0.25, 0.3) is 5.91 Å². The van der Waals surface area contributed by atoms with Crippen molar-refractivity contribution in [1.82, 2.24) is 15.3 Å². The van der Waals surface area contributed by atoms with Crippen LogP contribution in [0.1, 0.15) is 44.9 Å². The van der Waals surface area contributed by atoms with Crippen LogP contribution in [0.3, 0.4) is 0 Å². The Morgan fingerprint density at radius 1 is 1.54 bits per heavy atom. The lowest BCUT2D eigenvalue weighted by Gasteiger charge is -2.38. The monoisotopic (exact) mass is 426 g/mol. The number of carbonyl (C=O) groups excluding carboxylic acids is 1. The van der Waals surface area contributed by atoms with Crippen LogP contribution >= 0.6 is 22.9 Å². The average Bonchev–Trinajstić information content (AvgIpc) is 3.24. The highest BCUT2D eigenvalue weighted by Gasteiger charge is 2.32. The standard InChI is InChI=1S/C18H23ClN4O4S/c1-4-10-15(19)22-16(20-10)17(24)21-11-5-6-23(8-12(11)27-3)13-7-9(2)14(28-13)18(25)26/h7,11-12H,4-6,8H2,1-3H3,(H,20,22)(H,21,24)(H,25,26)/t11-,12+/m0/s1. The number of nitrogens with one attached hydrogen (secondary N) is 2. The molecule has 0 aliphatic carbocycles. The number of imidazole rings is 1. The predicted molar refractivity (Wildman–Crippen MR) is 108 cm³/mol. The molecule has 1 fully saturated rings. The van der Waals surface area contributed by atoms with Crippen LogP contribution in [0.15, 0.2) is 6.07 Å². The van der Waals surface area contributed by atoms with E-state index in [0.29, 0.717) is 36.0 Å². The Morgan fingerprint density at radius 3 is 2.86 bits per heavy atom. The number of carbonyl (C=O) groups is 2. The van der Waals surface area contributed by atoms with Crippen molar-refractivity contribution in [1.29, 1.82) is 0 Å². The quantitative estimate of drug-likeness (QED) is 0.655. The molecule has 3 heterocycles. The zero-order chi connectivity index (χ0) is 20.4. The molecule has 1 aliphatic rings. The molecule has 1 saturated heterocycles. The summed E-state index contributed by atoms with van der Waals surface area (Å²) < 4.78 is 5.60. The number of H-pyrrole nitrogens is 1. The van der Waals surface area contributed by atoms with E-state index in [0.717, 1.165) is 16.3 Å². The fourth-order valence-electron chi connectivity index (χ4n) is 3.32. The molecule has 8 nitrogen and oxygen atoms in total. The number of aromatic carboxylic acids is 1. The third kappa shape index (κ3) is 4.16. The first-order valence-corrected chi connectivity index (χ1v) is 10.2. The summed E-state index contributed by atoms with van der Waals surface area (Å²) in [6.45, 7) is 4.96. The van der Waals surface area contributed by atoms with Gasteiger partial charge in [-0.15, -0.1) is 11.3 Å². The fourth-order valence-corrected chi connectivity index (χ4v) is 4.63. The van der Waals surface area contributed by atoms with Gasteiger partial charge in [-0.25, -0.2) is 9.78 Å². The van der Waals surface area contributed by atoms with Gasteiger partial charge in [0.05, 0.1) is 22.8 Å². The lowest BCUT2D eigenvalue weighted by molar-refractivity contribution is 0.0539. The van der Waals surface area contributed by atoms with Crippen LogP contribution in [0.25, 0.3) is 0 Å². The predicted octanol–water partition coefficient (Wildman–Crippen LogP) is 2.72. The SMILES string of the molecule is CCc1[nH]c(C(=O)N[C@H]2CCN(c3cc(C)c(C(=O)O)s3)C[C@H]2OC)nc1Cl. The minimum Gasteiger partial charge on any atom is -0.477 e. The minimum atomic E-state index is -0.914. The van der Waals surface area contributed by atoms with E-state index in [1.54, 1.807) is 14.0 Å². The van der Waals surface area contributed by atoms with Gasteiger partial charge >= 0.3 is 5.97 Å². The zero-order valence-electron chi connectivity index (χ0n) is 15.9. The molecule has 0 unspecified atom stereocenters. The van der Waals surface area contributed by atoms with Crippen molar-refractivity contribution < 1.29 is 19.4 Å². The topological polar surface area (TPSA) is 108 Å². The number of aryl methyl sites for hydroxylation is 2. The number of carboxylic acids is 1. The molecule has 0 aromatic carbocycles. The van der Waals surface area contributed by atoms with Crippen LogP contribution in [0, 0.1) is 6.92 Å². The van der Waals surface area contributed by atoms with E-state index in [9.17, 15) is 14.7 Å². The van der Waals surface area contributed by atoms with E-state index in [2.05, 4.69) is 20.2 Å².